The summed E-state index contributed by atoms with van der Waals surface area (Å²) in [5.41, 5.74) is 7.80. The zero-order valence-electron chi connectivity index (χ0n) is 11.6. The molecular weight excluding hydrogens is 238 g/mol. The third-order valence-electron chi connectivity index (χ3n) is 3.74. The molecule has 4 heteroatoms. The van der Waals surface area contributed by atoms with Crippen LogP contribution in [0.3, 0.4) is 0 Å². The number of amides is 2. The zero-order chi connectivity index (χ0) is 13.7. The van der Waals surface area contributed by atoms with Crippen LogP contribution in [0.2, 0.25) is 0 Å². The van der Waals surface area contributed by atoms with Crippen molar-refractivity contribution in [3.8, 4) is 0 Å². The highest BCUT2D eigenvalue weighted by Crippen LogP contribution is 2.15. The topological polar surface area (TPSA) is 58.4 Å². The molecule has 2 rings (SSSR count). The van der Waals surface area contributed by atoms with E-state index in [-0.39, 0.29) is 6.03 Å². The number of nitrogens with two attached hydrogens (primary N) is 1. The summed E-state index contributed by atoms with van der Waals surface area (Å²) in [6.45, 7) is 5.09. The van der Waals surface area contributed by atoms with Gasteiger partial charge >= 0.3 is 6.03 Å². The predicted molar refractivity (Wildman–Crippen MR) is 76.5 cm³/mol. The Morgan fingerprint density at radius 3 is 2.74 bits per heavy atom. The molecule has 1 saturated heterocycles. The van der Waals surface area contributed by atoms with Gasteiger partial charge in [0.05, 0.1) is 0 Å². The van der Waals surface area contributed by atoms with Gasteiger partial charge in [0, 0.05) is 26.2 Å². The van der Waals surface area contributed by atoms with Gasteiger partial charge in [-0.25, -0.2) is 4.79 Å². The van der Waals surface area contributed by atoms with Gasteiger partial charge in [0.25, 0.3) is 0 Å². The normalized spacial score (nSPS) is 16.4. The number of carbonyl (C=O) groups is 1. The van der Waals surface area contributed by atoms with E-state index in [1.54, 1.807) is 0 Å². The average Bonchev–Trinajstić information content (AvgIpc) is 2.46. The molecular formula is C15H23N3O. The highest BCUT2D eigenvalue weighted by molar-refractivity contribution is 5.74. The number of urea groups is 1. The van der Waals surface area contributed by atoms with E-state index in [0.29, 0.717) is 13.1 Å². The summed E-state index contributed by atoms with van der Waals surface area (Å²) in [5, 5.41) is 2.98. The minimum absolute atomic E-state index is 0.0463. The van der Waals surface area contributed by atoms with E-state index in [1.165, 1.54) is 0 Å². The van der Waals surface area contributed by atoms with Crippen molar-refractivity contribution in [1.29, 1.82) is 0 Å². The Kier molecular flexibility index (Phi) is 4.80. The lowest BCUT2D eigenvalue weighted by Crippen LogP contribution is -2.43. The standard InChI is InChI=1S/C15H23N3O/c1-12-5-7-18(8-6-12)15(19)17-11-14-4-2-3-13(9-14)10-16/h2-4,9,12H,5-8,10-11,16H2,1H3,(H,17,19). The van der Waals surface area contributed by atoms with E-state index in [1.807, 2.05) is 29.2 Å². The summed E-state index contributed by atoms with van der Waals surface area (Å²) < 4.78 is 0. The van der Waals surface area contributed by atoms with E-state index >= 15 is 0 Å². The highest BCUT2D eigenvalue weighted by Gasteiger charge is 2.19. The van der Waals surface area contributed by atoms with Gasteiger partial charge in [0.2, 0.25) is 0 Å². The lowest BCUT2D eigenvalue weighted by Gasteiger charge is -2.30. The Morgan fingerprint density at radius 1 is 1.37 bits per heavy atom. The Hall–Kier alpha value is -1.55. The molecule has 0 bridgehead atoms. The lowest BCUT2D eigenvalue weighted by atomic mass is 10.00. The maximum Gasteiger partial charge on any atom is 0.317 e. The van der Waals surface area contributed by atoms with Crippen molar-refractivity contribution < 1.29 is 4.79 Å². The molecule has 3 N–H and O–H groups in total. The second kappa shape index (κ2) is 6.57. The van der Waals surface area contributed by atoms with Crippen LogP contribution in [0.25, 0.3) is 0 Å². The molecule has 1 aliphatic rings. The van der Waals surface area contributed by atoms with Crippen LogP contribution in [0.4, 0.5) is 4.79 Å². The minimum Gasteiger partial charge on any atom is -0.334 e. The second-order valence-corrected chi connectivity index (χ2v) is 5.35. The number of carbonyl (C=O) groups excluding carboxylic acids is 1. The monoisotopic (exact) mass is 261 g/mol. The summed E-state index contributed by atoms with van der Waals surface area (Å²) in [6.07, 6.45) is 2.21. The number of rotatable bonds is 3. The molecule has 1 aromatic rings. The van der Waals surface area contributed by atoms with Gasteiger partial charge in [-0.05, 0) is 29.9 Å². The van der Waals surface area contributed by atoms with Crippen molar-refractivity contribution in [1.82, 2.24) is 10.2 Å². The van der Waals surface area contributed by atoms with E-state index in [9.17, 15) is 4.79 Å². The molecule has 1 heterocycles. The van der Waals surface area contributed by atoms with Crippen molar-refractivity contribution in [3.05, 3.63) is 35.4 Å². The van der Waals surface area contributed by atoms with Crippen LogP contribution in [-0.2, 0) is 13.1 Å². The third kappa shape index (κ3) is 3.96. The lowest BCUT2D eigenvalue weighted by molar-refractivity contribution is 0.173. The molecule has 0 saturated carbocycles. The summed E-state index contributed by atoms with van der Waals surface area (Å²) in [7, 11) is 0. The molecule has 1 aromatic carbocycles. The quantitative estimate of drug-likeness (QED) is 0.875. The molecule has 2 amide bonds. The highest BCUT2D eigenvalue weighted by atomic mass is 16.2. The third-order valence-corrected chi connectivity index (χ3v) is 3.74. The number of nitrogens with one attached hydrogen (secondary N) is 1. The fraction of sp³-hybridized carbons (Fsp3) is 0.533. The van der Waals surface area contributed by atoms with Crippen molar-refractivity contribution in [3.63, 3.8) is 0 Å². The molecule has 104 valence electrons. The summed E-state index contributed by atoms with van der Waals surface area (Å²) in [5.74, 6) is 0.741. The summed E-state index contributed by atoms with van der Waals surface area (Å²) in [6, 6.07) is 8.07. The van der Waals surface area contributed by atoms with Crippen molar-refractivity contribution in [2.24, 2.45) is 11.7 Å². The van der Waals surface area contributed by atoms with Crippen molar-refractivity contribution in [2.45, 2.75) is 32.9 Å². The van der Waals surface area contributed by atoms with Gasteiger partial charge in [-0.1, -0.05) is 31.2 Å². The number of piperidine rings is 1. The summed E-state index contributed by atoms with van der Waals surface area (Å²) >= 11 is 0. The fourth-order valence-electron chi connectivity index (χ4n) is 2.37. The van der Waals surface area contributed by atoms with Crippen LogP contribution < -0.4 is 11.1 Å². The molecule has 1 aliphatic heterocycles. The Bertz CT molecular complexity index is 425. The molecule has 1 fully saturated rings. The first-order valence-electron chi connectivity index (χ1n) is 6.99. The van der Waals surface area contributed by atoms with Gasteiger partial charge in [-0.15, -0.1) is 0 Å². The fourth-order valence-corrected chi connectivity index (χ4v) is 2.37. The number of likely N-dealkylation sites (tertiary alicyclic amines) is 1. The molecule has 0 radical (unpaired) electrons. The maximum atomic E-state index is 12.0. The average molecular weight is 261 g/mol. The molecule has 0 atom stereocenters. The van der Waals surface area contributed by atoms with Crippen LogP contribution >= 0.6 is 0 Å². The smallest absolute Gasteiger partial charge is 0.317 e. The van der Waals surface area contributed by atoms with Gasteiger partial charge in [0.1, 0.15) is 0 Å². The summed E-state index contributed by atoms with van der Waals surface area (Å²) in [4.78, 5) is 13.9. The van der Waals surface area contributed by atoms with E-state index in [0.717, 1.165) is 43.0 Å². The maximum absolute atomic E-state index is 12.0. The van der Waals surface area contributed by atoms with Gasteiger partial charge in [-0.3, -0.25) is 0 Å². The van der Waals surface area contributed by atoms with Crippen LogP contribution in [0.15, 0.2) is 24.3 Å². The number of hydrogen-bond acceptors (Lipinski definition) is 2. The number of hydrogen-bond donors (Lipinski definition) is 2. The predicted octanol–water partition coefficient (Wildman–Crippen LogP) is 2.09. The molecule has 0 spiro atoms. The van der Waals surface area contributed by atoms with Crippen LogP contribution in [0.5, 0.6) is 0 Å². The largest absolute Gasteiger partial charge is 0.334 e. The zero-order valence-corrected chi connectivity index (χ0v) is 11.6. The van der Waals surface area contributed by atoms with Crippen LogP contribution in [0, 0.1) is 5.92 Å². The Balaban J connectivity index is 1.82. The molecule has 4 nitrogen and oxygen atoms in total. The first-order valence-corrected chi connectivity index (χ1v) is 6.99. The minimum atomic E-state index is 0.0463. The van der Waals surface area contributed by atoms with Crippen molar-refractivity contribution >= 4 is 6.03 Å². The van der Waals surface area contributed by atoms with E-state index in [2.05, 4.69) is 12.2 Å². The van der Waals surface area contributed by atoms with E-state index < -0.39 is 0 Å². The molecule has 19 heavy (non-hydrogen) atoms. The Morgan fingerprint density at radius 2 is 2.05 bits per heavy atom. The molecule has 0 unspecified atom stereocenters. The van der Waals surface area contributed by atoms with Crippen LogP contribution in [-0.4, -0.2) is 24.0 Å². The first kappa shape index (κ1) is 13.9. The van der Waals surface area contributed by atoms with Gasteiger partial charge < -0.3 is 16.0 Å². The first-order chi connectivity index (χ1) is 9.19. The van der Waals surface area contributed by atoms with Gasteiger partial charge in [-0.2, -0.15) is 0 Å². The number of nitrogens with zero attached hydrogens (tertiary/aromatic N) is 1. The van der Waals surface area contributed by atoms with E-state index in [4.69, 9.17) is 5.73 Å². The second-order valence-electron chi connectivity index (χ2n) is 5.35. The van der Waals surface area contributed by atoms with Gasteiger partial charge in [0.15, 0.2) is 0 Å². The molecule has 0 aromatic heterocycles. The number of benzene rings is 1. The van der Waals surface area contributed by atoms with Crippen LogP contribution in [0.1, 0.15) is 30.9 Å². The molecule has 0 aliphatic carbocycles. The van der Waals surface area contributed by atoms with Crippen molar-refractivity contribution in [2.75, 3.05) is 13.1 Å². The SMILES string of the molecule is CC1CCN(C(=O)NCc2cccc(CN)c2)CC1. The Labute approximate surface area is 115 Å².